The van der Waals surface area contributed by atoms with Gasteiger partial charge in [0.2, 0.25) is 0 Å². The van der Waals surface area contributed by atoms with Crippen LogP contribution in [0.4, 0.5) is 0 Å². The second-order valence-electron chi connectivity index (χ2n) is 3.41. The van der Waals surface area contributed by atoms with Crippen molar-refractivity contribution >= 4 is 10.8 Å². The predicted octanol–water partition coefficient (Wildman–Crippen LogP) is 1.30. The Labute approximate surface area is 85.4 Å². The molecule has 0 bridgehead atoms. The van der Waals surface area contributed by atoms with Crippen molar-refractivity contribution in [1.82, 2.24) is 0 Å². The van der Waals surface area contributed by atoms with Gasteiger partial charge in [0.1, 0.15) is 23.5 Å². The molecule has 1 aromatic heterocycles. The lowest BCUT2D eigenvalue weighted by atomic mass is 10.1. The summed E-state index contributed by atoms with van der Waals surface area (Å²) in [5.41, 5.74) is 0.212. The second-order valence-corrected chi connectivity index (χ2v) is 3.41. The molecule has 2 N–H and O–H groups in total. The Morgan fingerprint density at radius 2 is 2.07 bits per heavy atom. The van der Waals surface area contributed by atoms with Crippen LogP contribution in [0.3, 0.4) is 0 Å². The monoisotopic (exact) mass is 206 g/mol. The summed E-state index contributed by atoms with van der Waals surface area (Å²) in [6.07, 6.45) is 0. The molecule has 0 saturated heterocycles. The van der Waals surface area contributed by atoms with Gasteiger partial charge in [0, 0.05) is 0 Å². The zero-order valence-corrected chi connectivity index (χ0v) is 8.15. The van der Waals surface area contributed by atoms with E-state index in [4.69, 9.17) is 9.52 Å². The van der Waals surface area contributed by atoms with Crippen molar-refractivity contribution in [2.45, 2.75) is 13.5 Å². The van der Waals surface area contributed by atoms with Gasteiger partial charge < -0.3 is 14.6 Å². The third kappa shape index (κ3) is 1.59. The summed E-state index contributed by atoms with van der Waals surface area (Å²) >= 11 is 0. The fraction of sp³-hybridized carbons (Fsp3) is 0.182. The van der Waals surface area contributed by atoms with E-state index in [-0.39, 0.29) is 23.5 Å². The standard InChI is InChI=1S/C11H10O4/c1-6-2-7-4-8(5-12)15-11(14)10(7)9(13)3-6/h2-4,12-13H,5H2,1H3. The molecule has 1 aromatic carbocycles. The molecule has 0 spiro atoms. The number of aliphatic hydroxyl groups excluding tert-OH is 1. The number of aryl methyl sites for hydroxylation is 1. The molecule has 0 aliphatic heterocycles. The van der Waals surface area contributed by atoms with Crippen LogP contribution in [0, 0.1) is 6.92 Å². The van der Waals surface area contributed by atoms with Crippen molar-refractivity contribution in [3.8, 4) is 5.75 Å². The number of aromatic hydroxyl groups is 1. The molecule has 2 rings (SSSR count). The van der Waals surface area contributed by atoms with Crippen LogP contribution in [-0.4, -0.2) is 10.2 Å². The number of fused-ring (bicyclic) bond motifs is 1. The van der Waals surface area contributed by atoms with E-state index < -0.39 is 5.63 Å². The van der Waals surface area contributed by atoms with E-state index in [0.29, 0.717) is 5.39 Å². The van der Waals surface area contributed by atoms with E-state index in [9.17, 15) is 9.90 Å². The van der Waals surface area contributed by atoms with Gasteiger partial charge in [0.15, 0.2) is 0 Å². The van der Waals surface area contributed by atoms with Gasteiger partial charge in [-0.15, -0.1) is 0 Å². The van der Waals surface area contributed by atoms with Crippen molar-refractivity contribution in [2.75, 3.05) is 0 Å². The average molecular weight is 206 g/mol. The SMILES string of the molecule is Cc1cc(O)c2c(=O)oc(CO)cc2c1. The van der Waals surface area contributed by atoms with E-state index in [1.54, 1.807) is 12.1 Å². The molecular formula is C11H10O4. The lowest BCUT2D eigenvalue weighted by Gasteiger charge is -2.03. The molecule has 1 heterocycles. The highest BCUT2D eigenvalue weighted by molar-refractivity contribution is 5.87. The van der Waals surface area contributed by atoms with Crippen molar-refractivity contribution in [3.05, 3.63) is 39.9 Å². The number of phenolic OH excluding ortho intramolecular Hbond substituents is 1. The van der Waals surface area contributed by atoms with Gasteiger partial charge in [-0.1, -0.05) is 6.07 Å². The minimum Gasteiger partial charge on any atom is -0.507 e. The minimum absolute atomic E-state index is 0.0942. The van der Waals surface area contributed by atoms with E-state index in [0.717, 1.165) is 5.56 Å². The smallest absolute Gasteiger partial charge is 0.347 e. The first-order valence-corrected chi connectivity index (χ1v) is 4.49. The summed E-state index contributed by atoms with van der Waals surface area (Å²) in [5, 5.41) is 19.2. The molecule has 0 fully saturated rings. The highest BCUT2D eigenvalue weighted by Gasteiger charge is 2.08. The number of aliphatic hydroxyl groups is 1. The van der Waals surface area contributed by atoms with Crippen LogP contribution >= 0.6 is 0 Å². The summed E-state index contributed by atoms with van der Waals surface area (Å²) in [6.45, 7) is 1.48. The summed E-state index contributed by atoms with van der Waals surface area (Å²) < 4.78 is 4.79. The minimum atomic E-state index is -0.631. The molecule has 4 heteroatoms. The molecule has 0 saturated carbocycles. The van der Waals surface area contributed by atoms with E-state index in [1.165, 1.54) is 6.07 Å². The maximum Gasteiger partial charge on any atom is 0.347 e. The van der Waals surface area contributed by atoms with Crippen LogP contribution in [0.5, 0.6) is 5.75 Å². The van der Waals surface area contributed by atoms with Gasteiger partial charge >= 0.3 is 5.63 Å². The van der Waals surface area contributed by atoms with Gasteiger partial charge in [0.25, 0.3) is 0 Å². The summed E-state index contributed by atoms with van der Waals surface area (Å²) in [4.78, 5) is 11.5. The largest absolute Gasteiger partial charge is 0.507 e. The highest BCUT2D eigenvalue weighted by atomic mass is 16.4. The molecule has 2 aromatic rings. The van der Waals surface area contributed by atoms with Gasteiger partial charge in [-0.25, -0.2) is 4.79 Å². The topological polar surface area (TPSA) is 70.7 Å². The van der Waals surface area contributed by atoms with Crippen molar-refractivity contribution in [1.29, 1.82) is 0 Å². The lowest BCUT2D eigenvalue weighted by Crippen LogP contribution is -2.02. The normalized spacial score (nSPS) is 10.8. The quantitative estimate of drug-likeness (QED) is 0.737. The number of rotatable bonds is 1. The fourth-order valence-corrected chi connectivity index (χ4v) is 1.58. The van der Waals surface area contributed by atoms with Gasteiger partial charge in [0.05, 0.1) is 0 Å². The predicted molar refractivity (Wildman–Crippen MR) is 54.8 cm³/mol. The Kier molecular flexibility index (Phi) is 2.21. The Morgan fingerprint density at radius 3 is 2.73 bits per heavy atom. The zero-order valence-electron chi connectivity index (χ0n) is 8.15. The van der Waals surface area contributed by atoms with Crippen molar-refractivity contribution in [3.63, 3.8) is 0 Å². The van der Waals surface area contributed by atoms with Gasteiger partial charge in [-0.3, -0.25) is 0 Å². The first-order chi connectivity index (χ1) is 7.11. The molecule has 15 heavy (non-hydrogen) atoms. The molecular weight excluding hydrogens is 196 g/mol. The Morgan fingerprint density at radius 1 is 1.33 bits per heavy atom. The van der Waals surface area contributed by atoms with Crippen molar-refractivity contribution in [2.24, 2.45) is 0 Å². The van der Waals surface area contributed by atoms with Crippen LogP contribution in [0.15, 0.2) is 27.4 Å². The Bertz CT molecular complexity index is 569. The Balaban J connectivity index is 2.91. The molecule has 0 atom stereocenters. The highest BCUT2D eigenvalue weighted by Crippen LogP contribution is 2.24. The maximum absolute atomic E-state index is 11.5. The molecule has 0 amide bonds. The lowest BCUT2D eigenvalue weighted by molar-refractivity contribution is 0.241. The third-order valence-electron chi connectivity index (χ3n) is 2.19. The molecule has 0 aliphatic rings. The number of benzene rings is 1. The number of hydrogen-bond acceptors (Lipinski definition) is 4. The summed E-state index contributed by atoms with van der Waals surface area (Å²) in [5.74, 6) is 0.0979. The number of hydrogen-bond donors (Lipinski definition) is 2. The van der Waals surface area contributed by atoms with Crippen molar-refractivity contribution < 1.29 is 14.6 Å². The first-order valence-electron chi connectivity index (χ1n) is 4.49. The van der Waals surface area contributed by atoms with Gasteiger partial charge in [-0.2, -0.15) is 0 Å². The second kappa shape index (κ2) is 3.40. The van der Waals surface area contributed by atoms with E-state index >= 15 is 0 Å². The maximum atomic E-state index is 11.5. The Hall–Kier alpha value is -1.81. The van der Waals surface area contributed by atoms with E-state index in [2.05, 4.69) is 0 Å². The molecule has 0 unspecified atom stereocenters. The molecule has 0 radical (unpaired) electrons. The van der Waals surface area contributed by atoms with Crippen LogP contribution < -0.4 is 5.63 Å². The van der Waals surface area contributed by atoms with E-state index in [1.807, 2.05) is 6.92 Å². The van der Waals surface area contributed by atoms with Crippen LogP contribution in [-0.2, 0) is 6.61 Å². The van der Waals surface area contributed by atoms with Crippen LogP contribution in [0.2, 0.25) is 0 Å². The number of phenols is 1. The first kappa shape index (κ1) is 9.73. The molecule has 4 nitrogen and oxygen atoms in total. The summed E-state index contributed by atoms with van der Waals surface area (Å²) in [7, 11) is 0. The van der Waals surface area contributed by atoms with Crippen LogP contribution in [0.25, 0.3) is 10.8 Å². The van der Waals surface area contributed by atoms with Crippen LogP contribution in [0.1, 0.15) is 11.3 Å². The van der Waals surface area contributed by atoms with Gasteiger partial charge in [-0.05, 0) is 30.0 Å². The third-order valence-corrected chi connectivity index (χ3v) is 2.19. The average Bonchev–Trinajstić information content (AvgIpc) is 2.15. The molecule has 0 aliphatic carbocycles. The molecule has 78 valence electrons. The fourth-order valence-electron chi connectivity index (χ4n) is 1.58. The zero-order chi connectivity index (χ0) is 11.0. The summed E-state index contributed by atoms with van der Waals surface area (Å²) in [6, 6.07) is 4.80.